The highest BCUT2D eigenvalue weighted by Gasteiger charge is 2.17. The van der Waals surface area contributed by atoms with Gasteiger partial charge in [0.05, 0.1) is 11.1 Å². The third-order valence-electron chi connectivity index (χ3n) is 2.13. The summed E-state index contributed by atoms with van der Waals surface area (Å²) in [7, 11) is 0. The fourth-order valence-electron chi connectivity index (χ4n) is 1.41. The highest BCUT2D eigenvalue weighted by Crippen LogP contribution is 2.28. The van der Waals surface area contributed by atoms with Gasteiger partial charge in [-0.2, -0.15) is 0 Å². The standard InChI is InChI=1S/C9H9F2N3O/c1-2-5-7-4(12)3-6(8(10)11)13-9(7)15-14-5/h3,8H,2H2,1H3,(H2,12,13). The van der Waals surface area contributed by atoms with E-state index in [1.54, 1.807) is 0 Å². The van der Waals surface area contributed by atoms with Crippen molar-refractivity contribution in [3.63, 3.8) is 0 Å². The summed E-state index contributed by atoms with van der Waals surface area (Å²) in [5, 5.41) is 4.24. The van der Waals surface area contributed by atoms with Crippen LogP contribution in [-0.4, -0.2) is 10.1 Å². The minimum absolute atomic E-state index is 0.0714. The van der Waals surface area contributed by atoms with Crippen LogP contribution in [-0.2, 0) is 6.42 Å². The predicted molar refractivity (Wildman–Crippen MR) is 50.6 cm³/mol. The van der Waals surface area contributed by atoms with Gasteiger partial charge in [0.15, 0.2) is 0 Å². The zero-order valence-electron chi connectivity index (χ0n) is 8.00. The number of aryl methyl sites for hydroxylation is 1. The molecule has 0 saturated carbocycles. The molecule has 0 aliphatic heterocycles. The second-order valence-electron chi connectivity index (χ2n) is 3.10. The largest absolute Gasteiger partial charge is 0.398 e. The molecule has 0 fully saturated rings. The van der Waals surface area contributed by atoms with E-state index in [2.05, 4.69) is 10.1 Å². The molecule has 2 aromatic rings. The summed E-state index contributed by atoms with van der Waals surface area (Å²) in [5.74, 6) is 0. The first-order valence-corrected chi connectivity index (χ1v) is 4.46. The molecule has 0 radical (unpaired) electrons. The summed E-state index contributed by atoms with van der Waals surface area (Å²) in [6, 6.07) is 1.16. The summed E-state index contributed by atoms with van der Waals surface area (Å²) in [6.07, 6.45) is -2.04. The lowest BCUT2D eigenvalue weighted by atomic mass is 10.2. The number of aromatic nitrogens is 2. The van der Waals surface area contributed by atoms with E-state index in [0.717, 1.165) is 6.07 Å². The van der Waals surface area contributed by atoms with Gasteiger partial charge < -0.3 is 10.3 Å². The van der Waals surface area contributed by atoms with Crippen molar-refractivity contribution in [2.75, 3.05) is 5.73 Å². The van der Waals surface area contributed by atoms with E-state index in [-0.39, 0.29) is 17.1 Å². The minimum atomic E-state index is -2.66. The molecule has 0 aliphatic rings. The van der Waals surface area contributed by atoms with Crippen LogP contribution < -0.4 is 5.73 Å². The van der Waals surface area contributed by atoms with Gasteiger partial charge in [-0.05, 0) is 12.5 Å². The topological polar surface area (TPSA) is 64.9 Å². The second-order valence-corrected chi connectivity index (χ2v) is 3.10. The van der Waals surface area contributed by atoms with Crippen LogP contribution in [0.2, 0.25) is 0 Å². The number of nitrogens with zero attached hydrogens (tertiary/aromatic N) is 2. The number of nitrogens with two attached hydrogens (primary N) is 1. The Bertz CT molecular complexity index is 495. The number of rotatable bonds is 2. The average Bonchev–Trinajstić information content (AvgIpc) is 2.60. The maximum Gasteiger partial charge on any atom is 0.280 e. The smallest absolute Gasteiger partial charge is 0.280 e. The lowest BCUT2D eigenvalue weighted by molar-refractivity contribution is 0.146. The van der Waals surface area contributed by atoms with Gasteiger partial charge in [-0.3, -0.25) is 0 Å². The molecule has 0 bridgehead atoms. The third-order valence-corrected chi connectivity index (χ3v) is 2.13. The lowest BCUT2D eigenvalue weighted by Crippen LogP contribution is -1.95. The van der Waals surface area contributed by atoms with Crippen LogP contribution in [0.4, 0.5) is 14.5 Å². The Morgan fingerprint density at radius 2 is 2.27 bits per heavy atom. The van der Waals surface area contributed by atoms with Crippen molar-refractivity contribution < 1.29 is 13.3 Å². The van der Waals surface area contributed by atoms with Gasteiger partial charge in [-0.25, -0.2) is 13.8 Å². The monoisotopic (exact) mass is 213 g/mol. The van der Waals surface area contributed by atoms with Crippen molar-refractivity contribution in [2.24, 2.45) is 0 Å². The molecule has 2 heterocycles. The Morgan fingerprint density at radius 3 is 2.87 bits per heavy atom. The Kier molecular flexibility index (Phi) is 2.26. The Balaban J connectivity index is 2.69. The van der Waals surface area contributed by atoms with Crippen LogP contribution in [0.15, 0.2) is 10.6 Å². The fraction of sp³-hybridized carbons (Fsp3) is 0.333. The summed E-state index contributed by atoms with van der Waals surface area (Å²) < 4.78 is 29.6. The van der Waals surface area contributed by atoms with Crippen molar-refractivity contribution in [3.8, 4) is 0 Å². The summed E-state index contributed by atoms with van der Waals surface area (Å²) in [4.78, 5) is 3.64. The van der Waals surface area contributed by atoms with E-state index in [9.17, 15) is 8.78 Å². The number of alkyl halides is 2. The summed E-state index contributed by atoms with van der Waals surface area (Å²) in [6.45, 7) is 1.87. The molecule has 80 valence electrons. The van der Waals surface area contributed by atoms with Gasteiger partial charge >= 0.3 is 0 Å². The Labute approximate surface area is 84.1 Å². The highest BCUT2D eigenvalue weighted by atomic mass is 19.3. The highest BCUT2D eigenvalue weighted by molar-refractivity contribution is 5.89. The molecule has 0 aromatic carbocycles. The van der Waals surface area contributed by atoms with E-state index in [1.165, 1.54) is 0 Å². The number of pyridine rings is 1. The molecule has 0 aliphatic carbocycles. The van der Waals surface area contributed by atoms with Crippen LogP contribution in [0.3, 0.4) is 0 Å². The van der Waals surface area contributed by atoms with Crippen LogP contribution in [0.1, 0.15) is 24.7 Å². The zero-order valence-corrected chi connectivity index (χ0v) is 8.00. The summed E-state index contributed by atoms with van der Waals surface area (Å²) >= 11 is 0. The SMILES string of the molecule is CCc1noc2nc(C(F)F)cc(N)c12. The fourth-order valence-corrected chi connectivity index (χ4v) is 1.41. The van der Waals surface area contributed by atoms with Gasteiger partial charge in [-0.15, -0.1) is 0 Å². The van der Waals surface area contributed by atoms with Crippen molar-refractivity contribution in [3.05, 3.63) is 17.5 Å². The summed E-state index contributed by atoms with van der Waals surface area (Å²) in [5.41, 5.74) is 6.19. The molecule has 0 spiro atoms. The third kappa shape index (κ3) is 1.51. The quantitative estimate of drug-likeness (QED) is 0.831. The molecule has 15 heavy (non-hydrogen) atoms. The van der Waals surface area contributed by atoms with Crippen LogP contribution >= 0.6 is 0 Å². The van der Waals surface area contributed by atoms with Gasteiger partial charge in [0, 0.05) is 5.69 Å². The molecule has 0 amide bonds. The van der Waals surface area contributed by atoms with Crippen LogP contribution in [0.5, 0.6) is 0 Å². The van der Waals surface area contributed by atoms with Crippen molar-refractivity contribution in [1.82, 2.24) is 10.1 Å². The average molecular weight is 213 g/mol. The van der Waals surface area contributed by atoms with Crippen molar-refractivity contribution in [1.29, 1.82) is 0 Å². The number of anilines is 1. The van der Waals surface area contributed by atoms with E-state index >= 15 is 0 Å². The first-order chi connectivity index (χ1) is 7.13. The number of halogens is 2. The van der Waals surface area contributed by atoms with E-state index in [0.29, 0.717) is 17.5 Å². The zero-order chi connectivity index (χ0) is 11.0. The molecular formula is C9H9F2N3O. The van der Waals surface area contributed by atoms with Gasteiger partial charge in [0.2, 0.25) is 0 Å². The number of nitrogen functional groups attached to an aromatic ring is 1. The lowest BCUT2D eigenvalue weighted by Gasteiger charge is -2.00. The second kappa shape index (κ2) is 3.45. The molecule has 0 saturated heterocycles. The molecule has 0 atom stereocenters. The molecule has 4 nitrogen and oxygen atoms in total. The van der Waals surface area contributed by atoms with Crippen LogP contribution in [0.25, 0.3) is 11.1 Å². The van der Waals surface area contributed by atoms with Gasteiger partial charge in [0.1, 0.15) is 5.69 Å². The molecular weight excluding hydrogens is 204 g/mol. The maximum absolute atomic E-state index is 12.4. The van der Waals surface area contributed by atoms with Crippen LogP contribution in [0, 0.1) is 0 Å². The molecule has 2 rings (SSSR count). The number of hydrogen-bond donors (Lipinski definition) is 1. The Morgan fingerprint density at radius 1 is 1.53 bits per heavy atom. The predicted octanol–water partition coefficient (Wildman–Crippen LogP) is 2.31. The molecule has 6 heteroatoms. The molecule has 0 unspecified atom stereocenters. The molecule has 2 aromatic heterocycles. The first kappa shape index (κ1) is 9.82. The van der Waals surface area contributed by atoms with E-state index in [4.69, 9.17) is 10.3 Å². The number of hydrogen-bond acceptors (Lipinski definition) is 4. The minimum Gasteiger partial charge on any atom is -0.398 e. The van der Waals surface area contributed by atoms with Crippen molar-refractivity contribution in [2.45, 2.75) is 19.8 Å². The Hall–Kier alpha value is -1.72. The van der Waals surface area contributed by atoms with E-state index in [1.807, 2.05) is 6.92 Å². The normalized spacial score (nSPS) is 11.5. The number of fused-ring (bicyclic) bond motifs is 1. The van der Waals surface area contributed by atoms with Crippen molar-refractivity contribution >= 4 is 16.8 Å². The van der Waals surface area contributed by atoms with Gasteiger partial charge in [0.25, 0.3) is 12.1 Å². The van der Waals surface area contributed by atoms with Gasteiger partial charge in [-0.1, -0.05) is 12.1 Å². The first-order valence-electron chi connectivity index (χ1n) is 4.46. The maximum atomic E-state index is 12.4. The van der Waals surface area contributed by atoms with E-state index < -0.39 is 6.43 Å². The molecule has 2 N–H and O–H groups in total.